The van der Waals surface area contributed by atoms with E-state index in [-0.39, 0.29) is 0 Å². The van der Waals surface area contributed by atoms with Crippen molar-refractivity contribution in [1.82, 2.24) is 0 Å². The zero-order valence-electron chi connectivity index (χ0n) is 12.0. The minimum Gasteiger partial charge on any atom is -0.0823 e. The number of halogens is 1. The maximum absolute atomic E-state index is 2.62. The highest BCUT2D eigenvalue weighted by Gasteiger charge is 2.34. The third-order valence-electron chi connectivity index (χ3n) is 3.72. The van der Waals surface area contributed by atoms with Crippen LogP contribution in [0.4, 0.5) is 0 Å². The maximum atomic E-state index is 2.62. The highest BCUT2D eigenvalue weighted by Crippen LogP contribution is 2.41. The van der Waals surface area contributed by atoms with Gasteiger partial charge in [-0.2, -0.15) is 0 Å². The Morgan fingerprint density at radius 3 is 1.53 bits per heavy atom. The van der Waals surface area contributed by atoms with E-state index in [1.807, 2.05) is 27.7 Å². The van der Waals surface area contributed by atoms with Crippen LogP contribution >= 0.6 is 22.6 Å². The molecule has 0 saturated heterocycles. The van der Waals surface area contributed by atoms with Gasteiger partial charge in [0, 0.05) is 3.92 Å². The van der Waals surface area contributed by atoms with Gasteiger partial charge in [-0.05, 0) is 30.1 Å². The molecule has 1 aliphatic rings. The van der Waals surface area contributed by atoms with Crippen LogP contribution in [0.5, 0.6) is 0 Å². The topological polar surface area (TPSA) is 0 Å². The molecule has 1 aliphatic carbocycles. The molecule has 1 rings (SSSR count). The van der Waals surface area contributed by atoms with Crippen LogP contribution in [-0.2, 0) is 0 Å². The quantitative estimate of drug-likeness (QED) is 0.390. The largest absolute Gasteiger partial charge is 0.0823 e. The molecule has 0 nitrogen and oxygen atoms in total. The zero-order valence-corrected chi connectivity index (χ0v) is 14.1. The zero-order chi connectivity index (χ0) is 12.6. The number of rotatable bonds is 0. The van der Waals surface area contributed by atoms with Gasteiger partial charge in [-0.25, -0.2) is 0 Å². The molecule has 1 saturated carbocycles. The molecule has 0 aliphatic heterocycles. The summed E-state index contributed by atoms with van der Waals surface area (Å²) in [5, 5.41) is 0. The molecule has 15 heavy (non-hydrogen) atoms. The van der Waals surface area contributed by atoms with Gasteiger partial charge in [0.15, 0.2) is 0 Å². The van der Waals surface area contributed by atoms with E-state index in [1.54, 1.807) is 0 Å². The molecule has 1 heteroatoms. The molecule has 0 aromatic rings. The number of alkyl halides is 1. The van der Waals surface area contributed by atoms with Gasteiger partial charge in [-0.1, -0.05) is 78.0 Å². The Kier molecular flexibility index (Phi) is 12.0. The molecule has 0 N–H and O–H groups in total. The second-order valence-corrected chi connectivity index (χ2v) is 5.91. The summed E-state index contributed by atoms with van der Waals surface area (Å²) in [6.07, 6.45) is 1.42. The molecule has 94 valence electrons. The first kappa shape index (κ1) is 18.1. The van der Waals surface area contributed by atoms with Crippen molar-refractivity contribution in [3.63, 3.8) is 0 Å². The van der Waals surface area contributed by atoms with Crippen molar-refractivity contribution >= 4 is 22.6 Å². The first-order valence-corrected chi connectivity index (χ1v) is 7.92. The third kappa shape index (κ3) is 5.55. The monoisotopic (exact) mass is 326 g/mol. The van der Waals surface area contributed by atoms with Gasteiger partial charge in [-0.3, -0.25) is 0 Å². The molecule has 1 fully saturated rings. The van der Waals surface area contributed by atoms with Crippen LogP contribution in [0.1, 0.15) is 61.8 Å². The Labute approximate surface area is 112 Å². The molecular formula is C14H31I. The van der Waals surface area contributed by atoms with Crippen molar-refractivity contribution in [3.8, 4) is 0 Å². The summed E-state index contributed by atoms with van der Waals surface area (Å²) < 4.78 is 0.911. The van der Waals surface area contributed by atoms with Crippen LogP contribution in [0.3, 0.4) is 0 Å². The third-order valence-corrected chi connectivity index (χ3v) is 5.37. The summed E-state index contributed by atoms with van der Waals surface area (Å²) in [6.45, 7) is 17.6. The van der Waals surface area contributed by atoms with E-state index in [0.29, 0.717) is 0 Å². The first-order chi connectivity index (χ1) is 7.04. The Hall–Kier alpha value is 0.730. The van der Waals surface area contributed by atoms with Gasteiger partial charge < -0.3 is 0 Å². The predicted molar refractivity (Wildman–Crippen MR) is 81.8 cm³/mol. The van der Waals surface area contributed by atoms with E-state index < -0.39 is 0 Å². The average molecular weight is 326 g/mol. The van der Waals surface area contributed by atoms with Crippen LogP contribution in [0.2, 0.25) is 0 Å². The standard InChI is InChI=1S/C10H19I.2C2H6/c1-6-5-10(11)9(4)8(3)7(6)2;2*1-2/h6-10H,5H2,1-4H3;2*1-2H3. The number of hydrogen-bond acceptors (Lipinski definition) is 0. The van der Waals surface area contributed by atoms with Gasteiger partial charge in [0.2, 0.25) is 0 Å². The van der Waals surface area contributed by atoms with Crippen molar-refractivity contribution in [1.29, 1.82) is 0 Å². The van der Waals surface area contributed by atoms with E-state index in [9.17, 15) is 0 Å². The van der Waals surface area contributed by atoms with Crippen molar-refractivity contribution in [3.05, 3.63) is 0 Å². The Bertz CT molecular complexity index is 119. The van der Waals surface area contributed by atoms with Crippen LogP contribution in [0.15, 0.2) is 0 Å². The highest BCUT2D eigenvalue weighted by atomic mass is 127. The second-order valence-electron chi connectivity index (χ2n) is 4.31. The van der Waals surface area contributed by atoms with Crippen LogP contribution in [0, 0.1) is 23.7 Å². The Morgan fingerprint density at radius 2 is 1.13 bits per heavy atom. The summed E-state index contributed by atoms with van der Waals surface area (Å²) in [5.74, 6) is 3.70. The van der Waals surface area contributed by atoms with Crippen molar-refractivity contribution in [2.24, 2.45) is 23.7 Å². The fourth-order valence-corrected chi connectivity index (χ4v) is 3.57. The molecule has 5 unspecified atom stereocenters. The lowest BCUT2D eigenvalue weighted by atomic mass is 9.69. The summed E-state index contributed by atoms with van der Waals surface area (Å²) in [7, 11) is 0. The van der Waals surface area contributed by atoms with Gasteiger partial charge in [0.25, 0.3) is 0 Å². The molecule has 0 radical (unpaired) electrons. The molecule has 0 bridgehead atoms. The van der Waals surface area contributed by atoms with Crippen molar-refractivity contribution in [2.45, 2.75) is 65.7 Å². The maximum Gasteiger partial charge on any atom is 0.0140 e. The Balaban J connectivity index is 0. The predicted octanol–water partition coefficient (Wildman–Crippen LogP) is 5.79. The highest BCUT2D eigenvalue weighted by molar-refractivity contribution is 14.1. The fourth-order valence-electron chi connectivity index (χ4n) is 2.11. The average Bonchev–Trinajstić information content (AvgIpc) is 2.29. The van der Waals surface area contributed by atoms with Gasteiger partial charge >= 0.3 is 0 Å². The lowest BCUT2D eigenvalue weighted by molar-refractivity contribution is 0.149. The van der Waals surface area contributed by atoms with Crippen LogP contribution in [0.25, 0.3) is 0 Å². The molecule has 0 aromatic heterocycles. The fraction of sp³-hybridized carbons (Fsp3) is 1.00. The minimum atomic E-state index is 0.911. The molecule has 0 spiro atoms. The Morgan fingerprint density at radius 1 is 0.733 bits per heavy atom. The lowest BCUT2D eigenvalue weighted by Crippen LogP contribution is -2.35. The molecule has 0 heterocycles. The smallest absolute Gasteiger partial charge is 0.0140 e. The van der Waals surface area contributed by atoms with Crippen LogP contribution < -0.4 is 0 Å². The first-order valence-electron chi connectivity index (χ1n) is 6.68. The molecule has 5 atom stereocenters. The van der Waals surface area contributed by atoms with Gasteiger partial charge in [-0.15, -0.1) is 0 Å². The molecule has 0 amide bonds. The molecule has 0 aromatic carbocycles. The summed E-state index contributed by atoms with van der Waals surface area (Å²) in [5.41, 5.74) is 0. The summed E-state index contributed by atoms with van der Waals surface area (Å²) in [4.78, 5) is 0. The number of hydrogen-bond donors (Lipinski definition) is 0. The van der Waals surface area contributed by atoms with E-state index in [4.69, 9.17) is 0 Å². The summed E-state index contributed by atoms with van der Waals surface area (Å²) in [6, 6.07) is 0. The lowest BCUT2D eigenvalue weighted by Gasteiger charge is -2.40. The SMILES string of the molecule is CC.CC.CC1CC(I)C(C)C(C)C1C. The second kappa shape index (κ2) is 9.92. The summed E-state index contributed by atoms with van der Waals surface area (Å²) >= 11 is 2.62. The van der Waals surface area contributed by atoms with Crippen molar-refractivity contribution in [2.75, 3.05) is 0 Å². The molecular weight excluding hydrogens is 295 g/mol. The van der Waals surface area contributed by atoms with E-state index >= 15 is 0 Å². The van der Waals surface area contributed by atoms with Gasteiger partial charge in [0.1, 0.15) is 0 Å². The van der Waals surface area contributed by atoms with Crippen molar-refractivity contribution < 1.29 is 0 Å². The van der Waals surface area contributed by atoms with Crippen LogP contribution in [-0.4, -0.2) is 3.92 Å². The van der Waals surface area contributed by atoms with E-state index in [2.05, 4.69) is 50.3 Å². The van der Waals surface area contributed by atoms with Gasteiger partial charge in [0.05, 0.1) is 0 Å². The van der Waals surface area contributed by atoms with E-state index in [1.165, 1.54) is 6.42 Å². The normalized spacial score (nSPS) is 39.4. The minimum absolute atomic E-state index is 0.911. The van der Waals surface area contributed by atoms with E-state index in [0.717, 1.165) is 27.6 Å².